The van der Waals surface area contributed by atoms with Crippen LogP contribution in [0.1, 0.15) is 37.8 Å². The molecule has 0 saturated carbocycles. The zero-order chi connectivity index (χ0) is 12.9. The van der Waals surface area contributed by atoms with Gasteiger partial charge < -0.3 is 9.42 Å². The van der Waals surface area contributed by atoms with Crippen LogP contribution in [-0.4, -0.2) is 11.1 Å². The van der Waals surface area contributed by atoms with Crippen LogP contribution in [0.5, 0.6) is 5.75 Å². The molecule has 0 saturated heterocycles. The van der Waals surface area contributed by atoms with Crippen molar-refractivity contribution in [1.82, 2.24) is 0 Å². The Balaban J connectivity index is 2.85. The van der Waals surface area contributed by atoms with Crippen LogP contribution in [0.2, 0.25) is 0 Å². The third-order valence-electron chi connectivity index (χ3n) is 2.59. The molecule has 0 spiro atoms. The first-order valence-electron chi connectivity index (χ1n) is 6.09. The molecule has 0 fully saturated rings. The van der Waals surface area contributed by atoms with Crippen LogP contribution in [0.4, 0.5) is 0 Å². The summed E-state index contributed by atoms with van der Waals surface area (Å²) in [5.41, 5.74) is 2.38. The second kappa shape index (κ2) is 6.23. The molecule has 1 rings (SSSR count). The summed E-state index contributed by atoms with van der Waals surface area (Å²) in [5, 5.41) is 0. The minimum atomic E-state index is -3.47. The third-order valence-corrected chi connectivity index (χ3v) is 4.10. The van der Waals surface area contributed by atoms with Crippen molar-refractivity contribution in [1.29, 1.82) is 0 Å². The molecule has 0 aliphatic rings. The van der Waals surface area contributed by atoms with Gasteiger partial charge in [0.1, 0.15) is 5.75 Å². The molecule has 0 bridgehead atoms. The third kappa shape index (κ3) is 4.53. The molecular weight excluding hydrogens is 235 g/mol. The van der Waals surface area contributed by atoms with Crippen molar-refractivity contribution in [2.24, 2.45) is 0 Å². The maximum atomic E-state index is 11.7. The van der Waals surface area contributed by atoms with Gasteiger partial charge in [-0.1, -0.05) is 26.3 Å². The first-order chi connectivity index (χ1) is 7.98. The second-order valence-electron chi connectivity index (χ2n) is 4.29. The molecule has 1 aromatic rings. The van der Waals surface area contributed by atoms with E-state index in [2.05, 4.69) is 6.92 Å². The maximum absolute atomic E-state index is 11.7. The lowest BCUT2D eigenvalue weighted by atomic mass is 10.0. The fourth-order valence-corrected chi connectivity index (χ4v) is 2.84. The lowest BCUT2D eigenvalue weighted by Crippen LogP contribution is -1.97. The summed E-state index contributed by atoms with van der Waals surface area (Å²) >= 11 is 0. The van der Waals surface area contributed by atoms with Crippen LogP contribution in [0, 0.1) is 6.92 Å². The van der Waals surface area contributed by atoms with Crippen LogP contribution in [0.25, 0.3) is 0 Å². The molecule has 1 unspecified atom stereocenters. The van der Waals surface area contributed by atoms with Crippen molar-refractivity contribution in [3.63, 3.8) is 0 Å². The summed E-state index contributed by atoms with van der Waals surface area (Å²) in [6, 6.07) is 5.57. The summed E-state index contributed by atoms with van der Waals surface area (Å²) in [6.07, 6.45) is 2.86. The number of hydrogen-bond acceptors (Lipinski definition) is 2. The van der Waals surface area contributed by atoms with Gasteiger partial charge >= 0.3 is 7.60 Å². The normalized spacial score (nSPS) is 14.4. The van der Waals surface area contributed by atoms with E-state index in [1.165, 1.54) is 11.1 Å². The van der Waals surface area contributed by atoms with Gasteiger partial charge in [-0.25, -0.2) is 4.57 Å². The average molecular weight is 256 g/mol. The lowest BCUT2D eigenvalue weighted by molar-refractivity contribution is 0.379. The van der Waals surface area contributed by atoms with Crippen LogP contribution in [0.15, 0.2) is 18.2 Å². The smallest absolute Gasteiger partial charge is 0.376 e. The maximum Gasteiger partial charge on any atom is 0.376 e. The van der Waals surface area contributed by atoms with Gasteiger partial charge in [0.2, 0.25) is 0 Å². The van der Waals surface area contributed by atoms with E-state index in [0.29, 0.717) is 12.2 Å². The molecule has 0 amide bonds. The van der Waals surface area contributed by atoms with E-state index in [-0.39, 0.29) is 6.16 Å². The summed E-state index contributed by atoms with van der Waals surface area (Å²) < 4.78 is 16.9. The Morgan fingerprint density at radius 1 is 1.29 bits per heavy atom. The van der Waals surface area contributed by atoms with Crippen molar-refractivity contribution in [3.8, 4) is 5.75 Å². The van der Waals surface area contributed by atoms with Gasteiger partial charge in [-0.15, -0.1) is 0 Å². The predicted octanol–water partition coefficient (Wildman–Crippen LogP) is 3.92. The molecule has 3 nitrogen and oxygen atoms in total. The first-order valence-corrected chi connectivity index (χ1v) is 7.85. The highest BCUT2D eigenvalue weighted by Gasteiger charge is 2.19. The molecule has 1 aromatic carbocycles. The minimum absolute atomic E-state index is 0.198. The lowest BCUT2D eigenvalue weighted by Gasteiger charge is -2.14. The Morgan fingerprint density at radius 3 is 2.59 bits per heavy atom. The van der Waals surface area contributed by atoms with E-state index < -0.39 is 7.60 Å². The Hall–Kier alpha value is -0.790. The first kappa shape index (κ1) is 14.3. The average Bonchev–Trinajstić information content (AvgIpc) is 2.23. The molecule has 1 N–H and O–H groups in total. The summed E-state index contributed by atoms with van der Waals surface area (Å²) in [6.45, 7) is 6.02. The van der Waals surface area contributed by atoms with E-state index in [9.17, 15) is 9.46 Å². The summed E-state index contributed by atoms with van der Waals surface area (Å²) in [7, 11) is -3.47. The zero-order valence-electron chi connectivity index (χ0n) is 10.8. The fourth-order valence-electron chi connectivity index (χ4n) is 1.74. The Labute approximate surface area is 103 Å². The van der Waals surface area contributed by atoms with E-state index >= 15 is 0 Å². The number of aryl methyl sites for hydroxylation is 2. The van der Waals surface area contributed by atoms with Crippen molar-refractivity contribution < 1.29 is 14.0 Å². The second-order valence-corrected chi connectivity index (χ2v) is 6.20. The van der Waals surface area contributed by atoms with Crippen molar-refractivity contribution in [2.75, 3.05) is 6.16 Å². The van der Waals surface area contributed by atoms with E-state index in [1.807, 2.05) is 26.0 Å². The van der Waals surface area contributed by atoms with Crippen LogP contribution < -0.4 is 4.52 Å². The quantitative estimate of drug-likeness (QED) is 0.784. The zero-order valence-corrected chi connectivity index (χ0v) is 11.7. The monoisotopic (exact) mass is 256 g/mol. The molecule has 0 aliphatic carbocycles. The van der Waals surface area contributed by atoms with Gasteiger partial charge in [0.05, 0.1) is 6.16 Å². The van der Waals surface area contributed by atoms with Gasteiger partial charge in [0.25, 0.3) is 0 Å². The largest absolute Gasteiger partial charge is 0.424 e. The van der Waals surface area contributed by atoms with Crippen molar-refractivity contribution in [3.05, 3.63) is 29.3 Å². The Kier molecular flexibility index (Phi) is 5.23. The van der Waals surface area contributed by atoms with E-state index in [4.69, 9.17) is 4.52 Å². The Bertz CT molecular complexity index is 415. The minimum Gasteiger partial charge on any atom is -0.424 e. The highest BCUT2D eigenvalue weighted by molar-refractivity contribution is 7.53. The SMILES string of the molecule is CCCc1cc(OP(=O)(O)CCC)ccc1C. The molecule has 4 heteroatoms. The Morgan fingerprint density at radius 2 is 2.00 bits per heavy atom. The van der Waals surface area contributed by atoms with Crippen LogP contribution in [0.3, 0.4) is 0 Å². The van der Waals surface area contributed by atoms with Gasteiger partial charge in [-0.05, 0) is 43.0 Å². The highest BCUT2D eigenvalue weighted by Crippen LogP contribution is 2.43. The fraction of sp³-hybridized carbons (Fsp3) is 0.538. The van der Waals surface area contributed by atoms with Crippen LogP contribution >= 0.6 is 7.60 Å². The molecule has 96 valence electrons. The molecule has 17 heavy (non-hydrogen) atoms. The van der Waals surface area contributed by atoms with E-state index in [1.54, 1.807) is 6.07 Å². The topological polar surface area (TPSA) is 46.5 Å². The molecule has 0 aliphatic heterocycles. The van der Waals surface area contributed by atoms with Gasteiger partial charge in [0, 0.05) is 0 Å². The number of benzene rings is 1. The highest BCUT2D eigenvalue weighted by atomic mass is 31.2. The molecular formula is C13H21O3P. The van der Waals surface area contributed by atoms with Crippen LogP contribution in [-0.2, 0) is 11.0 Å². The summed E-state index contributed by atoms with van der Waals surface area (Å²) in [5.74, 6) is 0.498. The van der Waals surface area contributed by atoms with Gasteiger partial charge in [-0.2, -0.15) is 0 Å². The van der Waals surface area contributed by atoms with E-state index in [0.717, 1.165) is 12.8 Å². The molecule has 1 atom stereocenters. The summed E-state index contributed by atoms with van der Waals surface area (Å²) in [4.78, 5) is 9.59. The molecule has 0 radical (unpaired) electrons. The standard InChI is InChI=1S/C13H21O3P/c1-4-6-12-10-13(8-7-11(12)3)16-17(14,15)9-5-2/h7-8,10H,4-6,9H2,1-3H3,(H,14,15). The predicted molar refractivity (Wildman–Crippen MR) is 70.8 cm³/mol. The molecule has 0 heterocycles. The number of rotatable bonds is 6. The number of hydrogen-bond donors (Lipinski definition) is 1. The van der Waals surface area contributed by atoms with Crippen molar-refractivity contribution >= 4 is 7.60 Å². The molecule has 0 aromatic heterocycles. The van der Waals surface area contributed by atoms with Gasteiger partial charge in [-0.3, -0.25) is 0 Å². The van der Waals surface area contributed by atoms with Crippen molar-refractivity contribution in [2.45, 2.75) is 40.0 Å². The van der Waals surface area contributed by atoms with Gasteiger partial charge in [0.15, 0.2) is 0 Å².